The highest BCUT2D eigenvalue weighted by Gasteiger charge is 2.21. The smallest absolute Gasteiger partial charge is 0.321 e. The van der Waals surface area contributed by atoms with E-state index in [9.17, 15) is 13.2 Å². The average molecular weight is 373 g/mol. The van der Waals surface area contributed by atoms with Gasteiger partial charge in [0.15, 0.2) is 0 Å². The summed E-state index contributed by atoms with van der Waals surface area (Å²) < 4.78 is 28.2. The van der Waals surface area contributed by atoms with Crippen LogP contribution >= 0.6 is 0 Å². The molecule has 138 valence electrons. The zero-order valence-electron chi connectivity index (χ0n) is 15.2. The summed E-state index contributed by atoms with van der Waals surface area (Å²) in [7, 11) is -3.68. The van der Waals surface area contributed by atoms with Gasteiger partial charge in [0.25, 0.3) is 10.0 Å². The Morgan fingerprint density at radius 3 is 2.23 bits per heavy atom. The Bertz CT molecular complexity index is 914. The molecule has 2 amide bonds. The lowest BCUT2D eigenvalue weighted by Gasteiger charge is -2.27. The third-order valence-electron chi connectivity index (χ3n) is 4.38. The van der Waals surface area contributed by atoms with Crippen molar-refractivity contribution in [1.29, 1.82) is 0 Å². The minimum Gasteiger partial charge on any atom is -0.338 e. The van der Waals surface area contributed by atoms with Crippen molar-refractivity contribution in [3.63, 3.8) is 0 Å². The molecule has 0 atom stereocenters. The van der Waals surface area contributed by atoms with Crippen LogP contribution in [0.1, 0.15) is 23.1 Å². The highest BCUT2D eigenvalue weighted by atomic mass is 32.2. The number of carbonyl (C=O) groups excluding carboxylic acids is 1. The number of sulfonamides is 1. The lowest BCUT2D eigenvalue weighted by molar-refractivity contribution is 0.243. The van der Waals surface area contributed by atoms with Gasteiger partial charge in [-0.1, -0.05) is 17.7 Å². The van der Waals surface area contributed by atoms with Crippen LogP contribution < -0.4 is 14.9 Å². The Morgan fingerprint density at radius 1 is 1.04 bits per heavy atom. The number of hydrogen-bond acceptors (Lipinski definition) is 3. The summed E-state index contributed by atoms with van der Waals surface area (Å²) in [5.41, 5.74) is 3.68. The van der Waals surface area contributed by atoms with E-state index < -0.39 is 10.0 Å². The number of hydrogen-bond donors (Lipinski definition) is 2. The zero-order valence-corrected chi connectivity index (χ0v) is 16.0. The van der Waals surface area contributed by atoms with Gasteiger partial charge >= 0.3 is 6.03 Å². The molecule has 0 spiro atoms. The summed E-state index contributed by atoms with van der Waals surface area (Å²) in [6, 6.07) is 10.4. The van der Waals surface area contributed by atoms with Crippen molar-refractivity contribution >= 4 is 27.4 Å². The van der Waals surface area contributed by atoms with Crippen molar-refractivity contribution in [2.75, 3.05) is 22.7 Å². The molecule has 1 aliphatic heterocycles. The molecule has 7 heteroatoms. The second kappa shape index (κ2) is 6.99. The standard InChI is InChI=1S/C19H23N3O3S/c1-13-11-14(2)18(15(3)12-13)26(24,25)21-16-5-7-17(8-6-16)22-10-4-9-20-19(22)23/h5-8,11-12,21H,4,9-10H2,1-3H3,(H,20,23). The van der Waals surface area contributed by atoms with Gasteiger partial charge in [0.2, 0.25) is 0 Å². The Kier molecular flexibility index (Phi) is 4.91. The van der Waals surface area contributed by atoms with Crippen LogP contribution in [0.5, 0.6) is 0 Å². The molecular formula is C19H23N3O3S. The first-order valence-electron chi connectivity index (χ1n) is 8.54. The van der Waals surface area contributed by atoms with E-state index in [0.717, 1.165) is 28.8 Å². The molecule has 1 aliphatic rings. The van der Waals surface area contributed by atoms with Gasteiger partial charge in [0, 0.05) is 24.5 Å². The van der Waals surface area contributed by atoms with E-state index in [4.69, 9.17) is 0 Å². The van der Waals surface area contributed by atoms with Crippen LogP contribution in [0, 0.1) is 20.8 Å². The predicted molar refractivity (Wildman–Crippen MR) is 103 cm³/mol. The fourth-order valence-corrected chi connectivity index (χ4v) is 4.90. The topological polar surface area (TPSA) is 78.5 Å². The summed E-state index contributed by atoms with van der Waals surface area (Å²) in [4.78, 5) is 13.9. The number of rotatable bonds is 4. The Morgan fingerprint density at radius 2 is 1.65 bits per heavy atom. The largest absolute Gasteiger partial charge is 0.338 e. The molecule has 3 rings (SSSR count). The van der Waals surface area contributed by atoms with Crippen molar-refractivity contribution in [3.05, 3.63) is 53.1 Å². The summed E-state index contributed by atoms with van der Waals surface area (Å²) >= 11 is 0. The first-order chi connectivity index (χ1) is 12.3. The average Bonchev–Trinajstić information content (AvgIpc) is 2.54. The highest BCUT2D eigenvalue weighted by Crippen LogP contribution is 2.26. The number of nitrogens with zero attached hydrogens (tertiary/aromatic N) is 1. The lowest BCUT2D eigenvalue weighted by Crippen LogP contribution is -2.46. The predicted octanol–water partition coefficient (Wildman–Crippen LogP) is 3.33. The van der Waals surface area contributed by atoms with Gasteiger partial charge in [-0.25, -0.2) is 13.2 Å². The number of amides is 2. The maximum atomic E-state index is 12.8. The van der Waals surface area contributed by atoms with E-state index in [-0.39, 0.29) is 6.03 Å². The Labute approximate surface area is 154 Å². The summed E-state index contributed by atoms with van der Waals surface area (Å²) in [5.74, 6) is 0. The van der Waals surface area contributed by atoms with Crippen molar-refractivity contribution < 1.29 is 13.2 Å². The normalized spacial score (nSPS) is 14.9. The number of nitrogens with one attached hydrogen (secondary N) is 2. The maximum absolute atomic E-state index is 12.8. The van der Waals surface area contributed by atoms with E-state index in [2.05, 4.69) is 10.0 Å². The van der Waals surface area contributed by atoms with Crippen molar-refractivity contribution in [2.24, 2.45) is 0 Å². The van der Waals surface area contributed by atoms with Gasteiger partial charge in [-0.3, -0.25) is 9.62 Å². The van der Waals surface area contributed by atoms with E-state index >= 15 is 0 Å². The van der Waals surface area contributed by atoms with Crippen LogP contribution in [0.3, 0.4) is 0 Å². The van der Waals surface area contributed by atoms with Crippen molar-refractivity contribution in [3.8, 4) is 0 Å². The SMILES string of the molecule is Cc1cc(C)c(S(=O)(=O)Nc2ccc(N3CCCNC3=O)cc2)c(C)c1. The number of carbonyl (C=O) groups is 1. The third kappa shape index (κ3) is 3.67. The second-order valence-electron chi connectivity index (χ2n) is 6.62. The molecule has 0 radical (unpaired) electrons. The molecule has 6 nitrogen and oxygen atoms in total. The van der Waals surface area contributed by atoms with Gasteiger partial charge in [0.05, 0.1) is 4.90 Å². The van der Waals surface area contributed by atoms with Gasteiger partial charge in [-0.2, -0.15) is 0 Å². The first-order valence-corrected chi connectivity index (χ1v) is 10.0. The molecule has 0 aromatic heterocycles. The van der Waals surface area contributed by atoms with E-state index in [1.54, 1.807) is 43.0 Å². The van der Waals surface area contributed by atoms with Crippen LogP contribution in [0.15, 0.2) is 41.3 Å². The molecule has 0 aliphatic carbocycles. The van der Waals surface area contributed by atoms with Crippen LogP contribution in [-0.4, -0.2) is 27.5 Å². The number of anilines is 2. The summed E-state index contributed by atoms with van der Waals surface area (Å²) in [6.45, 7) is 6.87. The monoisotopic (exact) mass is 373 g/mol. The number of benzene rings is 2. The van der Waals surface area contributed by atoms with Gasteiger partial charge in [-0.05, 0) is 62.6 Å². The van der Waals surface area contributed by atoms with Crippen LogP contribution in [0.2, 0.25) is 0 Å². The fraction of sp³-hybridized carbons (Fsp3) is 0.316. The van der Waals surface area contributed by atoms with Crippen LogP contribution in [0.25, 0.3) is 0 Å². The van der Waals surface area contributed by atoms with Crippen LogP contribution in [0.4, 0.5) is 16.2 Å². The van der Waals surface area contributed by atoms with Crippen LogP contribution in [-0.2, 0) is 10.0 Å². The van der Waals surface area contributed by atoms with Gasteiger partial charge in [0.1, 0.15) is 0 Å². The molecular weight excluding hydrogens is 350 g/mol. The summed E-state index contributed by atoms with van der Waals surface area (Å²) in [6.07, 6.45) is 0.881. The van der Waals surface area contributed by atoms with E-state index in [1.807, 2.05) is 19.1 Å². The molecule has 1 saturated heterocycles. The molecule has 2 N–H and O–H groups in total. The van der Waals surface area contributed by atoms with Crippen molar-refractivity contribution in [2.45, 2.75) is 32.1 Å². The van der Waals surface area contributed by atoms with Crippen molar-refractivity contribution in [1.82, 2.24) is 5.32 Å². The fourth-order valence-electron chi connectivity index (χ4n) is 3.38. The molecule has 1 heterocycles. The summed E-state index contributed by atoms with van der Waals surface area (Å²) in [5, 5.41) is 2.80. The third-order valence-corrected chi connectivity index (χ3v) is 6.07. The second-order valence-corrected chi connectivity index (χ2v) is 8.24. The minimum atomic E-state index is -3.68. The first kappa shape index (κ1) is 18.3. The van der Waals surface area contributed by atoms with Gasteiger partial charge < -0.3 is 5.32 Å². The molecule has 0 saturated carbocycles. The molecule has 0 bridgehead atoms. The van der Waals surface area contributed by atoms with Gasteiger partial charge in [-0.15, -0.1) is 0 Å². The molecule has 2 aromatic rings. The lowest BCUT2D eigenvalue weighted by atomic mass is 10.1. The highest BCUT2D eigenvalue weighted by molar-refractivity contribution is 7.92. The zero-order chi connectivity index (χ0) is 18.9. The maximum Gasteiger partial charge on any atom is 0.321 e. The Balaban J connectivity index is 1.84. The quantitative estimate of drug-likeness (QED) is 0.863. The Hall–Kier alpha value is -2.54. The van der Waals surface area contributed by atoms with E-state index in [1.165, 1.54) is 0 Å². The molecule has 26 heavy (non-hydrogen) atoms. The van der Waals surface area contributed by atoms with E-state index in [0.29, 0.717) is 23.7 Å². The molecule has 1 fully saturated rings. The number of urea groups is 1. The molecule has 0 unspecified atom stereocenters. The number of aryl methyl sites for hydroxylation is 3. The minimum absolute atomic E-state index is 0.129. The molecule has 2 aromatic carbocycles.